The lowest BCUT2D eigenvalue weighted by Gasteiger charge is -2.14. The van der Waals surface area contributed by atoms with Crippen molar-refractivity contribution in [3.05, 3.63) is 23.4 Å². The summed E-state index contributed by atoms with van der Waals surface area (Å²) in [7, 11) is 0. The van der Waals surface area contributed by atoms with Gasteiger partial charge in [-0.3, -0.25) is 4.79 Å². The van der Waals surface area contributed by atoms with Gasteiger partial charge in [-0.1, -0.05) is 33.1 Å². The lowest BCUT2D eigenvalue weighted by molar-refractivity contribution is 0.0938. The van der Waals surface area contributed by atoms with E-state index in [4.69, 9.17) is 0 Å². The van der Waals surface area contributed by atoms with Gasteiger partial charge in [0.15, 0.2) is 0 Å². The highest BCUT2D eigenvalue weighted by Crippen LogP contribution is 2.13. The minimum Gasteiger partial charge on any atom is -0.370 e. The summed E-state index contributed by atoms with van der Waals surface area (Å²) in [5, 5.41) is 6.27. The van der Waals surface area contributed by atoms with Gasteiger partial charge in [0.2, 0.25) is 0 Å². The average Bonchev–Trinajstić information content (AvgIpc) is 2.45. The molecule has 0 saturated carbocycles. The van der Waals surface area contributed by atoms with Crippen molar-refractivity contribution in [3.8, 4) is 0 Å². The van der Waals surface area contributed by atoms with Crippen LogP contribution in [-0.2, 0) is 6.42 Å². The SMILES string of the molecule is CCCCC(C)NC(=O)c1cc(CCC)nc(NCC)c1. The largest absolute Gasteiger partial charge is 0.370 e. The maximum Gasteiger partial charge on any atom is 0.251 e. The van der Waals surface area contributed by atoms with Crippen molar-refractivity contribution in [2.75, 3.05) is 11.9 Å². The van der Waals surface area contributed by atoms with Crippen molar-refractivity contribution >= 4 is 11.7 Å². The van der Waals surface area contributed by atoms with Crippen LogP contribution < -0.4 is 10.6 Å². The van der Waals surface area contributed by atoms with E-state index in [9.17, 15) is 4.79 Å². The molecular formula is C17H29N3O. The summed E-state index contributed by atoms with van der Waals surface area (Å²) in [6, 6.07) is 3.96. The van der Waals surface area contributed by atoms with Crippen LogP contribution in [0.25, 0.3) is 0 Å². The van der Waals surface area contributed by atoms with Crippen LogP contribution in [0.5, 0.6) is 0 Å². The molecule has 1 aromatic heterocycles. The van der Waals surface area contributed by atoms with Crippen LogP contribution in [-0.4, -0.2) is 23.5 Å². The van der Waals surface area contributed by atoms with Gasteiger partial charge in [0.1, 0.15) is 5.82 Å². The number of pyridine rings is 1. The molecule has 1 amide bonds. The van der Waals surface area contributed by atoms with Crippen LogP contribution in [0.15, 0.2) is 12.1 Å². The van der Waals surface area contributed by atoms with Gasteiger partial charge in [0, 0.05) is 23.8 Å². The molecule has 118 valence electrons. The molecule has 0 spiro atoms. The number of hydrogen-bond donors (Lipinski definition) is 2. The Balaban J connectivity index is 2.81. The molecule has 4 nitrogen and oxygen atoms in total. The Labute approximate surface area is 128 Å². The number of carbonyl (C=O) groups excluding carboxylic acids is 1. The van der Waals surface area contributed by atoms with E-state index in [1.165, 1.54) is 0 Å². The molecule has 2 N–H and O–H groups in total. The average molecular weight is 291 g/mol. The Morgan fingerprint density at radius 2 is 2.00 bits per heavy atom. The molecule has 1 atom stereocenters. The van der Waals surface area contributed by atoms with Crippen molar-refractivity contribution in [1.29, 1.82) is 0 Å². The molecule has 0 bridgehead atoms. The third kappa shape index (κ3) is 6.15. The molecule has 0 aromatic carbocycles. The molecule has 0 aliphatic heterocycles. The fourth-order valence-electron chi connectivity index (χ4n) is 2.26. The van der Waals surface area contributed by atoms with E-state index in [0.717, 1.165) is 50.2 Å². The fraction of sp³-hybridized carbons (Fsp3) is 0.647. The number of nitrogens with one attached hydrogen (secondary N) is 2. The van der Waals surface area contributed by atoms with Gasteiger partial charge in [-0.15, -0.1) is 0 Å². The minimum absolute atomic E-state index is 0.00231. The summed E-state index contributed by atoms with van der Waals surface area (Å²) in [5.41, 5.74) is 1.68. The van der Waals surface area contributed by atoms with Crippen LogP contribution in [0.4, 0.5) is 5.82 Å². The molecule has 21 heavy (non-hydrogen) atoms. The van der Waals surface area contributed by atoms with Crippen LogP contribution >= 0.6 is 0 Å². The van der Waals surface area contributed by atoms with E-state index in [0.29, 0.717) is 5.56 Å². The first-order chi connectivity index (χ1) is 10.1. The number of rotatable bonds is 9. The molecular weight excluding hydrogens is 262 g/mol. The summed E-state index contributed by atoms with van der Waals surface area (Å²) in [5.74, 6) is 0.785. The molecule has 0 saturated heterocycles. The smallest absolute Gasteiger partial charge is 0.251 e. The van der Waals surface area contributed by atoms with Crippen LogP contribution in [0.1, 0.15) is 69.4 Å². The summed E-state index contributed by atoms with van der Waals surface area (Å²) in [6.45, 7) is 9.18. The van der Waals surface area contributed by atoms with Gasteiger partial charge in [0.05, 0.1) is 0 Å². The second-order valence-electron chi connectivity index (χ2n) is 5.53. The topological polar surface area (TPSA) is 54.0 Å². The molecule has 1 rings (SSSR count). The number of unbranched alkanes of at least 4 members (excludes halogenated alkanes) is 1. The van der Waals surface area contributed by atoms with E-state index in [2.05, 4.69) is 36.4 Å². The minimum atomic E-state index is -0.00231. The predicted octanol–water partition coefficient (Wildman–Crippen LogP) is 3.77. The lowest BCUT2D eigenvalue weighted by Crippen LogP contribution is -2.32. The Morgan fingerprint density at radius 3 is 2.62 bits per heavy atom. The third-order valence-corrected chi connectivity index (χ3v) is 3.37. The van der Waals surface area contributed by atoms with Crippen molar-refractivity contribution in [2.45, 2.75) is 65.8 Å². The standard InChI is InChI=1S/C17H29N3O/c1-5-8-10-13(4)19-17(21)14-11-15(9-6-2)20-16(12-14)18-7-3/h11-13H,5-10H2,1-4H3,(H,18,20)(H,19,21). The first-order valence-electron chi connectivity index (χ1n) is 8.16. The van der Waals surface area contributed by atoms with Crippen molar-refractivity contribution in [2.24, 2.45) is 0 Å². The number of hydrogen-bond acceptors (Lipinski definition) is 3. The number of aromatic nitrogens is 1. The molecule has 1 aromatic rings. The normalized spacial score (nSPS) is 12.0. The van der Waals surface area contributed by atoms with Gasteiger partial charge in [-0.25, -0.2) is 4.98 Å². The van der Waals surface area contributed by atoms with E-state index in [1.807, 2.05) is 19.1 Å². The molecule has 0 aliphatic carbocycles. The first-order valence-corrected chi connectivity index (χ1v) is 8.16. The van der Waals surface area contributed by atoms with Gasteiger partial charge in [-0.05, 0) is 38.8 Å². The summed E-state index contributed by atoms with van der Waals surface area (Å²) < 4.78 is 0. The lowest BCUT2D eigenvalue weighted by atomic mass is 10.1. The zero-order chi connectivity index (χ0) is 15.7. The Kier molecular flexibility index (Phi) is 7.80. The Bertz CT molecular complexity index is 421. The summed E-state index contributed by atoms with van der Waals surface area (Å²) in [6.07, 6.45) is 5.23. The number of anilines is 1. The molecule has 4 heteroatoms. The second-order valence-corrected chi connectivity index (χ2v) is 5.53. The molecule has 1 heterocycles. The fourth-order valence-corrected chi connectivity index (χ4v) is 2.26. The number of aryl methyl sites for hydroxylation is 1. The number of amides is 1. The summed E-state index contributed by atoms with van der Waals surface area (Å²) in [4.78, 5) is 16.9. The van der Waals surface area contributed by atoms with Crippen molar-refractivity contribution in [1.82, 2.24) is 10.3 Å². The highest BCUT2D eigenvalue weighted by Gasteiger charge is 2.12. The first kappa shape index (κ1) is 17.5. The van der Waals surface area contributed by atoms with Crippen LogP contribution in [0, 0.1) is 0 Å². The quantitative estimate of drug-likeness (QED) is 0.728. The van der Waals surface area contributed by atoms with E-state index in [1.54, 1.807) is 0 Å². The number of carbonyl (C=O) groups is 1. The van der Waals surface area contributed by atoms with Gasteiger partial charge < -0.3 is 10.6 Å². The van der Waals surface area contributed by atoms with E-state index >= 15 is 0 Å². The van der Waals surface area contributed by atoms with Gasteiger partial charge >= 0.3 is 0 Å². The van der Waals surface area contributed by atoms with Gasteiger partial charge in [-0.2, -0.15) is 0 Å². The van der Waals surface area contributed by atoms with Crippen LogP contribution in [0.3, 0.4) is 0 Å². The van der Waals surface area contributed by atoms with Crippen LogP contribution in [0.2, 0.25) is 0 Å². The zero-order valence-corrected chi connectivity index (χ0v) is 13.8. The summed E-state index contributed by atoms with van der Waals surface area (Å²) >= 11 is 0. The van der Waals surface area contributed by atoms with E-state index < -0.39 is 0 Å². The molecule has 0 fully saturated rings. The monoisotopic (exact) mass is 291 g/mol. The zero-order valence-electron chi connectivity index (χ0n) is 13.8. The number of nitrogens with zero attached hydrogens (tertiary/aromatic N) is 1. The van der Waals surface area contributed by atoms with Crippen molar-refractivity contribution < 1.29 is 4.79 Å². The van der Waals surface area contributed by atoms with E-state index in [-0.39, 0.29) is 11.9 Å². The molecule has 0 aliphatic rings. The second kappa shape index (κ2) is 9.37. The highest BCUT2D eigenvalue weighted by molar-refractivity contribution is 5.95. The molecule has 1 unspecified atom stereocenters. The van der Waals surface area contributed by atoms with Crippen molar-refractivity contribution in [3.63, 3.8) is 0 Å². The maximum absolute atomic E-state index is 12.4. The highest BCUT2D eigenvalue weighted by atomic mass is 16.1. The van der Waals surface area contributed by atoms with Gasteiger partial charge in [0.25, 0.3) is 5.91 Å². The molecule has 0 radical (unpaired) electrons. The Hall–Kier alpha value is -1.58. The Morgan fingerprint density at radius 1 is 1.24 bits per heavy atom. The third-order valence-electron chi connectivity index (χ3n) is 3.37. The predicted molar refractivity (Wildman–Crippen MR) is 88.8 cm³/mol. The maximum atomic E-state index is 12.4.